The molecule has 2 heterocycles. The number of likely N-dealkylation sites (tertiary alicyclic amines) is 1. The molecule has 0 atom stereocenters. The molecule has 0 saturated carbocycles. The number of piperidine rings is 1. The first-order valence-corrected chi connectivity index (χ1v) is 7.81. The highest BCUT2D eigenvalue weighted by Crippen LogP contribution is 2.24. The summed E-state index contributed by atoms with van der Waals surface area (Å²) in [6.45, 7) is 3.83. The average Bonchev–Trinajstić information content (AvgIpc) is 3.02. The minimum atomic E-state index is -0.301. The van der Waals surface area contributed by atoms with E-state index in [0.29, 0.717) is 0 Å². The molecule has 114 valence electrons. The van der Waals surface area contributed by atoms with E-state index >= 15 is 0 Å². The Morgan fingerprint density at radius 3 is 2.52 bits per heavy atom. The van der Waals surface area contributed by atoms with E-state index in [1.165, 1.54) is 42.8 Å². The Kier molecular flexibility index (Phi) is 4.13. The van der Waals surface area contributed by atoms with Gasteiger partial charge < -0.3 is 15.5 Å². The van der Waals surface area contributed by atoms with Crippen LogP contribution >= 0.6 is 0 Å². The normalized spacial score (nSPS) is 19.0. The standard InChI is InChI=1S/C17H23N3O.H2/c18-17(21)20-10-6-14(7-11-20)12-15-4-3-5-16(13-15)19-8-1-2-9-19;/h3-5,12-13H,1-2,6-11H2,(H2,18,21);1H. The van der Waals surface area contributed by atoms with Crippen LogP contribution in [0.15, 0.2) is 29.8 Å². The molecular weight excluding hydrogens is 262 g/mol. The number of amides is 2. The van der Waals surface area contributed by atoms with E-state index in [2.05, 4.69) is 35.2 Å². The van der Waals surface area contributed by atoms with Crippen LogP contribution in [0.5, 0.6) is 0 Å². The summed E-state index contributed by atoms with van der Waals surface area (Å²) in [4.78, 5) is 15.3. The number of nitrogens with zero attached hydrogens (tertiary/aromatic N) is 2. The lowest BCUT2D eigenvalue weighted by Crippen LogP contribution is -2.39. The third-order valence-electron chi connectivity index (χ3n) is 4.43. The zero-order valence-corrected chi connectivity index (χ0v) is 12.4. The summed E-state index contributed by atoms with van der Waals surface area (Å²) < 4.78 is 0. The van der Waals surface area contributed by atoms with Crippen molar-refractivity contribution in [3.8, 4) is 0 Å². The third kappa shape index (κ3) is 3.38. The summed E-state index contributed by atoms with van der Waals surface area (Å²) in [5.41, 5.74) is 9.32. The molecule has 0 radical (unpaired) electrons. The summed E-state index contributed by atoms with van der Waals surface area (Å²) in [7, 11) is 0. The number of hydrogen-bond acceptors (Lipinski definition) is 2. The second kappa shape index (κ2) is 6.20. The Morgan fingerprint density at radius 1 is 1.14 bits per heavy atom. The monoisotopic (exact) mass is 287 g/mol. The Bertz CT molecular complexity index is 543. The van der Waals surface area contributed by atoms with Gasteiger partial charge in [-0.2, -0.15) is 0 Å². The first-order valence-electron chi connectivity index (χ1n) is 7.81. The Labute approximate surface area is 127 Å². The fourth-order valence-corrected chi connectivity index (χ4v) is 3.18. The van der Waals surface area contributed by atoms with Gasteiger partial charge in [-0.15, -0.1) is 0 Å². The fourth-order valence-electron chi connectivity index (χ4n) is 3.18. The Hall–Kier alpha value is -1.97. The quantitative estimate of drug-likeness (QED) is 0.908. The lowest BCUT2D eigenvalue weighted by molar-refractivity contribution is 0.203. The zero-order chi connectivity index (χ0) is 14.7. The van der Waals surface area contributed by atoms with E-state index in [9.17, 15) is 4.79 Å². The van der Waals surface area contributed by atoms with Crippen molar-refractivity contribution >= 4 is 17.8 Å². The van der Waals surface area contributed by atoms with Crippen LogP contribution in [0.2, 0.25) is 0 Å². The molecule has 4 heteroatoms. The van der Waals surface area contributed by atoms with Gasteiger partial charge in [0.2, 0.25) is 0 Å². The number of urea groups is 1. The molecule has 4 nitrogen and oxygen atoms in total. The van der Waals surface area contributed by atoms with Crippen LogP contribution in [0, 0.1) is 0 Å². The van der Waals surface area contributed by atoms with Crippen molar-refractivity contribution in [2.24, 2.45) is 5.73 Å². The molecule has 2 saturated heterocycles. The van der Waals surface area contributed by atoms with Gasteiger partial charge in [-0.25, -0.2) is 4.79 Å². The van der Waals surface area contributed by atoms with Crippen molar-refractivity contribution in [1.82, 2.24) is 4.90 Å². The molecule has 21 heavy (non-hydrogen) atoms. The van der Waals surface area contributed by atoms with Gasteiger partial charge in [0, 0.05) is 33.3 Å². The molecule has 0 aromatic heterocycles. The number of carbonyl (C=O) groups is 1. The van der Waals surface area contributed by atoms with Crippen molar-refractivity contribution in [2.75, 3.05) is 31.1 Å². The average molecular weight is 287 g/mol. The molecular formula is C17H25N3O. The highest BCUT2D eigenvalue weighted by Gasteiger charge is 2.16. The summed E-state index contributed by atoms with van der Waals surface area (Å²) in [5, 5.41) is 0. The fraction of sp³-hybridized carbons (Fsp3) is 0.471. The van der Waals surface area contributed by atoms with Crippen molar-refractivity contribution in [2.45, 2.75) is 25.7 Å². The second-order valence-corrected chi connectivity index (χ2v) is 5.92. The van der Waals surface area contributed by atoms with Gasteiger partial charge in [-0.05, 0) is 43.4 Å². The SMILES string of the molecule is NC(=O)N1CCC(=Cc2cccc(N3CCCC3)c2)CC1.[HH]. The maximum atomic E-state index is 11.1. The molecule has 2 aliphatic rings. The summed E-state index contributed by atoms with van der Waals surface area (Å²) in [6, 6.07) is 8.47. The number of hydrogen-bond donors (Lipinski definition) is 1. The first kappa shape index (κ1) is 14.0. The van der Waals surface area contributed by atoms with Gasteiger partial charge in [0.25, 0.3) is 0 Å². The Morgan fingerprint density at radius 2 is 1.86 bits per heavy atom. The van der Waals surface area contributed by atoms with Crippen LogP contribution in [0.1, 0.15) is 32.7 Å². The van der Waals surface area contributed by atoms with Crippen LogP contribution in [-0.2, 0) is 0 Å². The summed E-state index contributed by atoms with van der Waals surface area (Å²) in [5.74, 6) is 0. The van der Waals surface area contributed by atoms with Gasteiger partial charge >= 0.3 is 6.03 Å². The molecule has 2 N–H and O–H groups in total. The minimum Gasteiger partial charge on any atom is -0.372 e. The lowest BCUT2D eigenvalue weighted by atomic mass is 10.0. The molecule has 2 amide bonds. The van der Waals surface area contributed by atoms with Gasteiger partial charge in [-0.3, -0.25) is 0 Å². The third-order valence-corrected chi connectivity index (χ3v) is 4.43. The smallest absolute Gasteiger partial charge is 0.314 e. The molecule has 3 rings (SSSR count). The molecule has 0 spiro atoms. The van der Waals surface area contributed by atoms with Gasteiger partial charge in [-0.1, -0.05) is 23.8 Å². The number of nitrogens with two attached hydrogens (primary N) is 1. The van der Waals surface area contributed by atoms with Gasteiger partial charge in [0.05, 0.1) is 0 Å². The second-order valence-electron chi connectivity index (χ2n) is 5.92. The lowest BCUT2D eigenvalue weighted by Gasteiger charge is -2.26. The van der Waals surface area contributed by atoms with Crippen LogP contribution < -0.4 is 10.6 Å². The predicted octanol–water partition coefficient (Wildman–Crippen LogP) is 3.09. The number of primary amides is 1. The van der Waals surface area contributed by atoms with Crippen molar-refractivity contribution in [1.29, 1.82) is 0 Å². The highest BCUT2D eigenvalue weighted by atomic mass is 16.2. The van der Waals surface area contributed by atoms with Crippen LogP contribution in [0.4, 0.5) is 10.5 Å². The van der Waals surface area contributed by atoms with Gasteiger partial charge in [0.15, 0.2) is 0 Å². The number of rotatable bonds is 2. The van der Waals surface area contributed by atoms with E-state index in [-0.39, 0.29) is 7.46 Å². The van der Waals surface area contributed by atoms with Crippen LogP contribution in [-0.4, -0.2) is 37.1 Å². The molecule has 2 fully saturated rings. The van der Waals surface area contributed by atoms with E-state index in [4.69, 9.17) is 5.73 Å². The van der Waals surface area contributed by atoms with E-state index in [0.717, 1.165) is 25.9 Å². The predicted molar refractivity (Wildman–Crippen MR) is 88.4 cm³/mol. The largest absolute Gasteiger partial charge is 0.372 e. The van der Waals surface area contributed by atoms with Crippen molar-refractivity contribution in [3.63, 3.8) is 0 Å². The number of anilines is 1. The topological polar surface area (TPSA) is 49.6 Å². The number of carbonyl (C=O) groups excluding carboxylic acids is 1. The first-order chi connectivity index (χ1) is 10.2. The minimum absolute atomic E-state index is 0. The molecule has 1 aromatic rings. The molecule has 1 aromatic carbocycles. The van der Waals surface area contributed by atoms with E-state index in [1.807, 2.05) is 0 Å². The van der Waals surface area contributed by atoms with Crippen LogP contribution in [0.3, 0.4) is 0 Å². The molecule has 2 aliphatic heterocycles. The van der Waals surface area contributed by atoms with E-state index < -0.39 is 0 Å². The van der Waals surface area contributed by atoms with Crippen molar-refractivity contribution in [3.05, 3.63) is 35.4 Å². The molecule has 0 unspecified atom stereocenters. The zero-order valence-electron chi connectivity index (χ0n) is 12.4. The highest BCUT2D eigenvalue weighted by molar-refractivity contribution is 5.72. The van der Waals surface area contributed by atoms with E-state index in [1.54, 1.807) is 4.90 Å². The molecule has 0 aliphatic carbocycles. The maximum Gasteiger partial charge on any atom is 0.314 e. The molecule has 0 bridgehead atoms. The summed E-state index contributed by atoms with van der Waals surface area (Å²) >= 11 is 0. The van der Waals surface area contributed by atoms with Gasteiger partial charge in [0.1, 0.15) is 0 Å². The van der Waals surface area contributed by atoms with Crippen molar-refractivity contribution < 1.29 is 6.22 Å². The Balaban J connectivity index is 0.00000176. The van der Waals surface area contributed by atoms with Crippen LogP contribution in [0.25, 0.3) is 6.08 Å². The summed E-state index contributed by atoms with van der Waals surface area (Å²) in [6.07, 6.45) is 6.73. The number of benzene rings is 1. The maximum absolute atomic E-state index is 11.1.